The molecule has 4 aromatic rings. The Kier molecular flexibility index (Phi) is 4.62. The Labute approximate surface area is 158 Å². The van der Waals surface area contributed by atoms with Crippen LogP contribution in [0.1, 0.15) is 22.3 Å². The van der Waals surface area contributed by atoms with Gasteiger partial charge in [0.2, 0.25) is 5.82 Å². The predicted octanol–water partition coefficient (Wildman–Crippen LogP) is 4.77. The summed E-state index contributed by atoms with van der Waals surface area (Å²) in [4.78, 5) is 1.49. The summed E-state index contributed by atoms with van der Waals surface area (Å²) >= 11 is 0. The van der Waals surface area contributed by atoms with Crippen LogP contribution in [0, 0.1) is 6.92 Å². The van der Waals surface area contributed by atoms with Gasteiger partial charge in [0.1, 0.15) is 0 Å². The van der Waals surface area contributed by atoms with Crippen molar-refractivity contribution in [3.63, 3.8) is 0 Å². The number of aryl methyl sites for hydroxylation is 2. The van der Waals surface area contributed by atoms with Gasteiger partial charge >= 0.3 is 0 Å². The van der Waals surface area contributed by atoms with Gasteiger partial charge in [-0.2, -0.15) is 4.80 Å². The molecule has 1 heterocycles. The van der Waals surface area contributed by atoms with E-state index < -0.39 is 0 Å². The molecule has 0 bridgehead atoms. The van der Waals surface area contributed by atoms with Gasteiger partial charge in [-0.3, -0.25) is 0 Å². The summed E-state index contributed by atoms with van der Waals surface area (Å²) in [5, 5.41) is 12.7. The molecule has 0 saturated carbocycles. The predicted molar refractivity (Wildman–Crippen MR) is 109 cm³/mol. The Hall–Kier alpha value is -3.53. The Bertz CT molecular complexity index is 1080. The first-order valence-corrected chi connectivity index (χ1v) is 8.88. The van der Waals surface area contributed by atoms with Gasteiger partial charge in [-0.25, -0.2) is 0 Å². The van der Waals surface area contributed by atoms with Crippen molar-refractivity contribution in [1.82, 2.24) is 20.2 Å². The van der Waals surface area contributed by atoms with E-state index >= 15 is 0 Å². The highest BCUT2D eigenvalue weighted by Crippen LogP contribution is 2.33. The molecule has 0 amide bonds. The summed E-state index contributed by atoms with van der Waals surface area (Å²) in [5.74, 6) is 0.631. The van der Waals surface area contributed by atoms with E-state index in [9.17, 15) is 0 Å². The van der Waals surface area contributed by atoms with Gasteiger partial charge in [0.25, 0.3) is 0 Å². The SMILES string of the molecule is Cc1ccc(/C(=C/c2ccccc2)c2ccccc2)c(-c2nnn(C)n2)c1. The molecule has 0 atom stereocenters. The number of aromatic nitrogens is 4. The van der Waals surface area contributed by atoms with Crippen LogP contribution in [0.15, 0.2) is 78.9 Å². The second-order valence-electron chi connectivity index (χ2n) is 6.49. The molecular weight excluding hydrogens is 332 g/mol. The van der Waals surface area contributed by atoms with Crippen LogP contribution >= 0.6 is 0 Å². The van der Waals surface area contributed by atoms with E-state index in [0.717, 1.165) is 33.4 Å². The third kappa shape index (κ3) is 3.70. The fourth-order valence-corrected chi connectivity index (χ4v) is 3.12. The molecule has 0 fully saturated rings. The van der Waals surface area contributed by atoms with E-state index in [2.05, 4.69) is 95.1 Å². The first-order valence-electron chi connectivity index (χ1n) is 8.88. The lowest BCUT2D eigenvalue weighted by Crippen LogP contribution is -1.96. The number of rotatable bonds is 4. The van der Waals surface area contributed by atoms with Gasteiger partial charge < -0.3 is 0 Å². The topological polar surface area (TPSA) is 43.6 Å². The van der Waals surface area contributed by atoms with Gasteiger partial charge in [-0.1, -0.05) is 78.4 Å². The van der Waals surface area contributed by atoms with Crippen LogP contribution in [0.4, 0.5) is 0 Å². The van der Waals surface area contributed by atoms with Crippen LogP contribution in [-0.2, 0) is 7.05 Å². The largest absolute Gasteiger partial charge is 0.205 e. The average Bonchev–Trinajstić information content (AvgIpc) is 3.14. The smallest absolute Gasteiger partial charge is 0.167 e. The second-order valence-corrected chi connectivity index (χ2v) is 6.49. The molecule has 132 valence electrons. The number of tetrazole rings is 1. The van der Waals surface area contributed by atoms with Gasteiger partial charge in [0, 0.05) is 5.56 Å². The number of hydrogen-bond acceptors (Lipinski definition) is 3. The Balaban J connectivity index is 1.95. The molecule has 27 heavy (non-hydrogen) atoms. The van der Waals surface area contributed by atoms with Crippen LogP contribution in [0.5, 0.6) is 0 Å². The molecule has 0 radical (unpaired) electrons. The fraction of sp³-hybridized carbons (Fsp3) is 0.0870. The van der Waals surface area contributed by atoms with Crippen LogP contribution in [0.2, 0.25) is 0 Å². The number of benzene rings is 3. The minimum atomic E-state index is 0.631. The van der Waals surface area contributed by atoms with Crippen LogP contribution in [0.3, 0.4) is 0 Å². The lowest BCUT2D eigenvalue weighted by Gasteiger charge is -2.13. The zero-order valence-corrected chi connectivity index (χ0v) is 15.4. The van der Waals surface area contributed by atoms with Crippen molar-refractivity contribution in [2.45, 2.75) is 6.92 Å². The first kappa shape index (κ1) is 16.9. The molecule has 4 heteroatoms. The van der Waals surface area contributed by atoms with E-state index in [0.29, 0.717) is 5.82 Å². The molecular formula is C23H20N4. The maximum atomic E-state index is 4.43. The van der Waals surface area contributed by atoms with Crippen LogP contribution < -0.4 is 0 Å². The third-order valence-corrected chi connectivity index (χ3v) is 4.41. The molecule has 0 spiro atoms. The van der Waals surface area contributed by atoms with E-state index in [-0.39, 0.29) is 0 Å². The van der Waals surface area contributed by atoms with E-state index in [1.807, 2.05) is 12.1 Å². The summed E-state index contributed by atoms with van der Waals surface area (Å²) in [6, 6.07) is 27.1. The lowest BCUT2D eigenvalue weighted by molar-refractivity contribution is 0.630. The van der Waals surface area contributed by atoms with Gasteiger partial charge in [-0.05, 0) is 46.5 Å². The van der Waals surface area contributed by atoms with Crippen molar-refractivity contribution < 1.29 is 0 Å². The molecule has 4 nitrogen and oxygen atoms in total. The van der Waals surface area contributed by atoms with Crippen LogP contribution in [0.25, 0.3) is 23.0 Å². The van der Waals surface area contributed by atoms with Crippen molar-refractivity contribution in [1.29, 1.82) is 0 Å². The zero-order chi connectivity index (χ0) is 18.6. The maximum absolute atomic E-state index is 4.43. The normalized spacial score (nSPS) is 11.6. The van der Waals surface area contributed by atoms with Gasteiger partial charge in [0.15, 0.2) is 0 Å². The zero-order valence-electron chi connectivity index (χ0n) is 15.4. The number of hydrogen-bond donors (Lipinski definition) is 0. The van der Waals surface area contributed by atoms with Crippen molar-refractivity contribution in [3.8, 4) is 11.4 Å². The van der Waals surface area contributed by atoms with Gasteiger partial charge in [-0.15, -0.1) is 10.2 Å². The highest BCUT2D eigenvalue weighted by atomic mass is 15.6. The highest BCUT2D eigenvalue weighted by Gasteiger charge is 2.15. The van der Waals surface area contributed by atoms with Crippen LogP contribution in [-0.4, -0.2) is 20.2 Å². The summed E-state index contributed by atoms with van der Waals surface area (Å²) in [6.45, 7) is 2.08. The molecule has 0 unspecified atom stereocenters. The fourth-order valence-electron chi connectivity index (χ4n) is 3.12. The Morgan fingerprint density at radius 3 is 2.26 bits per heavy atom. The summed E-state index contributed by atoms with van der Waals surface area (Å²) in [7, 11) is 1.78. The summed E-state index contributed by atoms with van der Waals surface area (Å²) < 4.78 is 0. The van der Waals surface area contributed by atoms with Crippen molar-refractivity contribution >= 4 is 11.6 Å². The molecule has 0 N–H and O–H groups in total. The monoisotopic (exact) mass is 352 g/mol. The first-order chi connectivity index (χ1) is 13.2. The molecule has 3 aromatic carbocycles. The molecule has 4 rings (SSSR count). The highest BCUT2D eigenvalue weighted by molar-refractivity contribution is 5.96. The van der Waals surface area contributed by atoms with E-state index in [1.165, 1.54) is 4.80 Å². The molecule has 1 aromatic heterocycles. The minimum absolute atomic E-state index is 0.631. The van der Waals surface area contributed by atoms with E-state index in [1.54, 1.807) is 7.05 Å². The summed E-state index contributed by atoms with van der Waals surface area (Å²) in [6.07, 6.45) is 2.21. The number of nitrogens with zero attached hydrogens (tertiary/aromatic N) is 4. The molecule has 0 aliphatic heterocycles. The molecule has 0 aliphatic rings. The average molecular weight is 352 g/mol. The quantitative estimate of drug-likeness (QED) is 0.497. The van der Waals surface area contributed by atoms with Gasteiger partial charge in [0.05, 0.1) is 7.05 Å². The lowest BCUT2D eigenvalue weighted by atomic mass is 9.91. The van der Waals surface area contributed by atoms with Crippen molar-refractivity contribution in [3.05, 3.63) is 101 Å². The summed E-state index contributed by atoms with van der Waals surface area (Å²) in [5.41, 5.74) is 6.65. The van der Waals surface area contributed by atoms with E-state index in [4.69, 9.17) is 0 Å². The minimum Gasteiger partial charge on any atom is -0.167 e. The standard InChI is InChI=1S/C23H20N4/c1-17-13-14-20(22(15-17)23-24-26-27(2)25-23)21(19-11-7-4-8-12-19)16-18-9-5-3-6-10-18/h3-16H,1-2H3/b21-16+. The molecule has 0 aliphatic carbocycles. The Morgan fingerprint density at radius 2 is 1.59 bits per heavy atom. The third-order valence-electron chi connectivity index (χ3n) is 4.41. The van der Waals surface area contributed by atoms with Crippen molar-refractivity contribution in [2.24, 2.45) is 7.05 Å². The Morgan fingerprint density at radius 1 is 0.889 bits per heavy atom. The molecule has 0 saturated heterocycles. The second kappa shape index (κ2) is 7.38. The maximum Gasteiger partial charge on any atom is 0.205 e. The van der Waals surface area contributed by atoms with Crippen molar-refractivity contribution in [2.75, 3.05) is 0 Å².